The minimum Gasteiger partial charge on any atom is -0.497 e. The highest BCUT2D eigenvalue weighted by atomic mass is 16.6. The monoisotopic (exact) mass is 342 g/mol. The number of fused-ring (bicyclic) bond motifs is 1. The third-order valence-corrected chi connectivity index (χ3v) is 3.62. The molecule has 1 heterocycles. The van der Waals surface area contributed by atoms with Crippen molar-refractivity contribution in [2.24, 2.45) is 5.10 Å². The van der Waals surface area contributed by atoms with Gasteiger partial charge in [0, 0.05) is 11.6 Å². The third kappa shape index (κ3) is 3.82. The molecule has 7 nitrogen and oxygen atoms in total. The summed E-state index contributed by atoms with van der Waals surface area (Å²) in [5, 5.41) is 3.96. The van der Waals surface area contributed by atoms with Crippen LogP contribution in [0.3, 0.4) is 0 Å². The Hall–Kier alpha value is -3.22. The van der Waals surface area contributed by atoms with Crippen LogP contribution in [0.25, 0.3) is 0 Å². The van der Waals surface area contributed by atoms with E-state index in [9.17, 15) is 4.79 Å². The Morgan fingerprint density at radius 3 is 2.76 bits per heavy atom. The number of carbonyl (C=O) groups is 1. The standard InChI is InChI=1S/C18H18N2O5/c1-22-13-8-7-12(16(9-13)23-2)10-19-20-18(21)17-11-24-14-5-3-4-6-15(14)25-17/h3-10,17H,11H2,1-2H3,(H,20,21). The average molecular weight is 342 g/mol. The normalized spacial score (nSPS) is 15.7. The van der Waals surface area contributed by atoms with Crippen LogP contribution in [-0.4, -0.2) is 39.1 Å². The van der Waals surface area contributed by atoms with Gasteiger partial charge >= 0.3 is 0 Å². The topological polar surface area (TPSA) is 78.4 Å². The van der Waals surface area contributed by atoms with Gasteiger partial charge in [-0.25, -0.2) is 5.43 Å². The molecule has 3 rings (SSSR count). The van der Waals surface area contributed by atoms with Gasteiger partial charge in [-0.3, -0.25) is 4.79 Å². The molecule has 2 aromatic rings. The number of carbonyl (C=O) groups excluding carboxylic acids is 1. The average Bonchev–Trinajstić information content (AvgIpc) is 2.67. The van der Waals surface area contributed by atoms with Crippen molar-refractivity contribution in [1.82, 2.24) is 5.43 Å². The van der Waals surface area contributed by atoms with Gasteiger partial charge in [-0.1, -0.05) is 12.1 Å². The molecule has 0 aromatic heterocycles. The molecule has 0 radical (unpaired) electrons. The summed E-state index contributed by atoms with van der Waals surface area (Å²) in [5.41, 5.74) is 3.15. The highest BCUT2D eigenvalue weighted by Gasteiger charge is 2.26. The van der Waals surface area contributed by atoms with Gasteiger partial charge in [-0.2, -0.15) is 5.10 Å². The number of amides is 1. The number of nitrogens with zero attached hydrogens (tertiary/aromatic N) is 1. The summed E-state index contributed by atoms with van der Waals surface area (Å²) >= 11 is 0. The van der Waals surface area contributed by atoms with Gasteiger partial charge in [0.2, 0.25) is 6.10 Å². The van der Waals surface area contributed by atoms with Gasteiger partial charge < -0.3 is 18.9 Å². The second-order valence-corrected chi connectivity index (χ2v) is 5.21. The van der Waals surface area contributed by atoms with Crippen LogP contribution in [0.4, 0.5) is 0 Å². The van der Waals surface area contributed by atoms with Crippen molar-refractivity contribution in [2.75, 3.05) is 20.8 Å². The van der Waals surface area contributed by atoms with Gasteiger partial charge in [0.25, 0.3) is 5.91 Å². The predicted octanol–water partition coefficient (Wildman–Crippen LogP) is 1.99. The molecule has 0 bridgehead atoms. The lowest BCUT2D eigenvalue weighted by Gasteiger charge is -2.24. The van der Waals surface area contributed by atoms with Crippen LogP contribution in [-0.2, 0) is 4.79 Å². The lowest BCUT2D eigenvalue weighted by Crippen LogP contribution is -2.42. The number of para-hydroxylation sites is 2. The quantitative estimate of drug-likeness (QED) is 0.664. The number of hydrogen-bond acceptors (Lipinski definition) is 6. The summed E-state index contributed by atoms with van der Waals surface area (Å²) in [6, 6.07) is 12.5. The van der Waals surface area contributed by atoms with E-state index in [0.717, 1.165) is 0 Å². The van der Waals surface area contributed by atoms with Crippen molar-refractivity contribution in [1.29, 1.82) is 0 Å². The summed E-state index contributed by atoms with van der Waals surface area (Å²) in [4.78, 5) is 12.2. The van der Waals surface area contributed by atoms with Crippen LogP contribution in [0.1, 0.15) is 5.56 Å². The number of rotatable bonds is 5. The Balaban J connectivity index is 1.62. The molecule has 25 heavy (non-hydrogen) atoms. The number of nitrogens with one attached hydrogen (secondary N) is 1. The van der Waals surface area contributed by atoms with E-state index in [-0.39, 0.29) is 6.61 Å². The first-order valence-electron chi connectivity index (χ1n) is 7.64. The van der Waals surface area contributed by atoms with Gasteiger partial charge in [-0.05, 0) is 24.3 Å². The summed E-state index contributed by atoms with van der Waals surface area (Å²) in [7, 11) is 3.13. The maximum Gasteiger partial charge on any atom is 0.284 e. The van der Waals surface area contributed by atoms with E-state index in [2.05, 4.69) is 10.5 Å². The first-order chi connectivity index (χ1) is 12.2. The minimum atomic E-state index is -0.759. The molecule has 7 heteroatoms. The Kier molecular flexibility index (Phi) is 5.03. The first-order valence-corrected chi connectivity index (χ1v) is 7.64. The van der Waals surface area contributed by atoms with Crippen molar-refractivity contribution < 1.29 is 23.7 Å². The van der Waals surface area contributed by atoms with E-state index in [4.69, 9.17) is 18.9 Å². The SMILES string of the molecule is COc1ccc(C=NNC(=O)C2COc3ccccc3O2)c(OC)c1. The molecule has 0 spiro atoms. The van der Waals surface area contributed by atoms with Crippen LogP contribution >= 0.6 is 0 Å². The van der Waals surface area contributed by atoms with Crippen molar-refractivity contribution in [3.8, 4) is 23.0 Å². The van der Waals surface area contributed by atoms with Crippen LogP contribution in [0.2, 0.25) is 0 Å². The molecule has 1 amide bonds. The van der Waals surface area contributed by atoms with Gasteiger partial charge in [-0.15, -0.1) is 0 Å². The Morgan fingerprint density at radius 1 is 1.20 bits per heavy atom. The minimum absolute atomic E-state index is 0.129. The molecule has 1 aliphatic rings. The number of ether oxygens (including phenoxy) is 4. The summed E-state index contributed by atoms with van der Waals surface area (Å²) < 4.78 is 21.5. The lowest BCUT2D eigenvalue weighted by atomic mass is 10.2. The smallest absolute Gasteiger partial charge is 0.284 e. The molecule has 0 saturated carbocycles. The zero-order valence-electron chi connectivity index (χ0n) is 13.9. The maximum absolute atomic E-state index is 12.2. The molecule has 1 N–H and O–H groups in total. The van der Waals surface area contributed by atoms with Crippen molar-refractivity contribution in [2.45, 2.75) is 6.10 Å². The Bertz CT molecular complexity index is 791. The fraction of sp³-hybridized carbons (Fsp3) is 0.222. The molecular weight excluding hydrogens is 324 g/mol. The van der Waals surface area contributed by atoms with Gasteiger partial charge in [0.1, 0.15) is 18.1 Å². The van der Waals surface area contributed by atoms with E-state index in [1.807, 2.05) is 12.1 Å². The molecule has 130 valence electrons. The summed E-state index contributed by atoms with van der Waals surface area (Å²) in [6.07, 6.45) is 0.734. The highest BCUT2D eigenvalue weighted by molar-refractivity contribution is 5.87. The summed E-state index contributed by atoms with van der Waals surface area (Å²) in [6.45, 7) is 0.129. The fourth-order valence-corrected chi connectivity index (χ4v) is 2.31. The summed E-state index contributed by atoms with van der Waals surface area (Å²) in [5.74, 6) is 2.03. The second-order valence-electron chi connectivity index (χ2n) is 5.21. The van der Waals surface area contributed by atoms with Crippen molar-refractivity contribution in [3.05, 3.63) is 48.0 Å². The lowest BCUT2D eigenvalue weighted by molar-refractivity contribution is -0.130. The molecule has 0 aliphatic carbocycles. The fourth-order valence-electron chi connectivity index (χ4n) is 2.31. The van der Waals surface area contributed by atoms with Crippen LogP contribution < -0.4 is 24.4 Å². The van der Waals surface area contributed by atoms with E-state index in [1.165, 1.54) is 6.21 Å². The molecule has 1 aliphatic heterocycles. The number of hydrogen-bond donors (Lipinski definition) is 1. The molecular formula is C18H18N2O5. The predicted molar refractivity (Wildman–Crippen MR) is 91.6 cm³/mol. The van der Waals surface area contributed by atoms with E-state index >= 15 is 0 Å². The number of methoxy groups -OCH3 is 2. The van der Waals surface area contributed by atoms with E-state index < -0.39 is 12.0 Å². The second kappa shape index (κ2) is 7.57. The van der Waals surface area contributed by atoms with E-state index in [0.29, 0.717) is 28.6 Å². The third-order valence-electron chi connectivity index (χ3n) is 3.62. The van der Waals surface area contributed by atoms with Crippen molar-refractivity contribution >= 4 is 12.1 Å². The zero-order chi connectivity index (χ0) is 17.6. The zero-order valence-corrected chi connectivity index (χ0v) is 13.9. The van der Waals surface area contributed by atoms with Gasteiger partial charge in [0.15, 0.2) is 11.5 Å². The van der Waals surface area contributed by atoms with Crippen molar-refractivity contribution in [3.63, 3.8) is 0 Å². The molecule has 0 saturated heterocycles. The Morgan fingerprint density at radius 2 is 2.00 bits per heavy atom. The first kappa shape index (κ1) is 16.6. The molecule has 1 unspecified atom stereocenters. The van der Waals surface area contributed by atoms with Gasteiger partial charge in [0.05, 0.1) is 20.4 Å². The van der Waals surface area contributed by atoms with Crippen LogP contribution in [0.15, 0.2) is 47.6 Å². The highest BCUT2D eigenvalue weighted by Crippen LogP contribution is 2.30. The van der Waals surface area contributed by atoms with Crippen LogP contribution in [0.5, 0.6) is 23.0 Å². The molecule has 1 atom stereocenters. The maximum atomic E-state index is 12.2. The number of benzene rings is 2. The number of hydrazone groups is 1. The molecule has 0 fully saturated rings. The molecule has 2 aromatic carbocycles. The van der Waals surface area contributed by atoms with E-state index in [1.54, 1.807) is 44.6 Å². The van der Waals surface area contributed by atoms with Crippen LogP contribution in [0, 0.1) is 0 Å². The Labute approximate surface area is 145 Å². The largest absolute Gasteiger partial charge is 0.497 e.